The van der Waals surface area contributed by atoms with Crippen LogP contribution in [0.5, 0.6) is 0 Å². The zero-order chi connectivity index (χ0) is 16.4. The molecule has 0 saturated carbocycles. The zero-order valence-electron chi connectivity index (χ0n) is 14.2. The van der Waals surface area contributed by atoms with Crippen LogP contribution in [-0.2, 0) is 0 Å². The van der Waals surface area contributed by atoms with Gasteiger partial charge in [0.2, 0.25) is 0 Å². The highest BCUT2D eigenvalue weighted by Crippen LogP contribution is 2.31. The van der Waals surface area contributed by atoms with Crippen LogP contribution in [0.1, 0.15) is 51.2 Å². The maximum absolute atomic E-state index is 12.7. The van der Waals surface area contributed by atoms with E-state index < -0.39 is 0 Å². The molecular formula is C15H28N4OS. The molecule has 0 aliphatic heterocycles. The van der Waals surface area contributed by atoms with Gasteiger partial charge in [0, 0.05) is 26.2 Å². The number of amides is 1. The van der Waals surface area contributed by atoms with Crippen LogP contribution in [0.4, 0.5) is 10.9 Å². The van der Waals surface area contributed by atoms with E-state index in [1.165, 1.54) is 11.3 Å². The molecular weight excluding hydrogens is 284 g/mol. The summed E-state index contributed by atoms with van der Waals surface area (Å²) in [5.74, 6) is 0.283. The van der Waals surface area contributed by atoms with Gasteiger partial charge in [-0.3, -0.25) is 4.79 Å². The Morgan fingerprint density at radius 2 is 1.86 bits per heavy atom. The Balaban J connectivity index is 3.03. The first-order valence-electron chi connectivity index (χ1n) is 7.41. The van der Waals surface area contributed by atoms with Crippen molar-refractivity contribution in [2.24, 2.45) is 5.41 Å². The molecule has 1 amide bonds. The lowest BCUT2D eigenvalue weighted by molar-refractivity contribution is 0.0635. The minimum Gasteiger partial charge on any atom is -0.382 e. The van der Waals surface area contributed by atoms with E-state index in [4.69, 9.17) is 5.73 Å². The predicted molar refractivity (Wildman–Crippen MR) is 91.1 cm³/mol. The topological polar surface area (TPSA) is 62.5 Å². The fraction of sp³-hybridized carbons (Fsp3) is 0.733. The van der Waals surface area contributed by atoms with Crippen molar-refractivity contribution in [2.75, 3.05) is 30.8 Å². The monoisotopic (exact) mass is 312 g/mol. The molecule has 1 unspecified atom stereocenters. The third kappa shape index (κ3) is 3.87. The van der Waals surface area contributed by atoms with Crippen molar-refractivity contribution >= 4 is 28.2 Å². The fourth-order valence-corrected chi connectivity index (χ4v) is 3.12. The summed E-state index contributed by atoms with van der Waals surface area (Å²) in [5.41, 5.74) is 5.98. The third-order valence-electron chi connectivity index (χ3n) is 4.02. The van der Waals surface area contributed by atoms with E-state index in [0.29, 0.717) is 10.7 Å². The van der Waals surface area contributed by atoms with Crippen LogP contribution in [0.3, 0.4) is 0 Å². The number of nitrogen functional groups attached to an aromatic ring is 1. The van der Waals surface area contributed by atoms with Crippen LogP contribution in [0, 0.1) is 5.41 Å². The number of rotatable bonds is 5. The molecule has 0 radical (unpaired) electrons. The average Bonchev–Trinajstić information content (AvgIpc) is 2.78. The van der Waals surface area contributed by atoms with E-state index in [1.807, 2.05) is 7.05 Å². The smallest absolute Gasteiger partial charge is 0.267 e. The summed E-state index contributed by atoms with van der Waals surface area (Å²) >= 11 is 1.38. The van der Waals surface area contributed by atoms with Crippen LogP contribution in [0.25, 0.3) is 0 Å². The Morgan fingerprint density at radius 3 is 2.29 bits per heavy atom. The van der Waals surface area contributed by atoms with Gasteiger partial charge >= 0.3 is 0 Å². The molecule has 21 heavy (non-hydrogen) atoms. The normalized spacial score (nSPS) is 13.1. The summed E-state index contributed by atoms with van der Waals surface area (Å²) in [6.45, 7) is 14.3. The molecule has 6 heteroatoms. The van der Waals surface area contributed by atoms with Crippen molar-refractivity contribution in [1.29, 1.82) is 0 Å². The molecule has 0 spiro atoms. The van der Waals surface area contributed by atoms with E-state index in [2.05, 4.69) is 51.4 Å². The van der Waals surface area contributed by atoms with Crippen molar-refractivity contribution in [3.8, 4) is 0 Å². The van der Waals surface area contributed by atoms with Crippen molar-refractivity contribution in [1.82, 2.24) is 9.88 Å². The molecule has 5 nitrogen and oxygen atoms in total. The molecule has 0 bridgehead atoms. The van der Waals surface area contributed by atoms with Crippen LogP contribution in [0.2, 0.25) is 0 Å². The summed E-state index contributed by atoms with van der Waals surface area (Å²) in [6, 6.07) is 0.114. The van der Waals surface area contributed by atoms with Crippen LogP contribution in [-0.4, -0.2) is 42.0 Å². The molecule has 1 aromatic rings. The molecule has 0 aromatic carbocycles. The molecule has 0 saturated heterocycles. The Labute approximate surface area is 132 Å². The van der Waals surface area contributed by atoms with Crippen molar-refractivity contribution in [2.45, 2.75) is 47.6 Å². The first-order valence-corrected chi connectivity index (χ1v) is 8.23. The Hall–Kier alpha value is -1.30. The van der Waals surface area contributed by atoms with E-state index in [-0.39, 0.29) is 17.4 Å². The number of hydrogen-bond acceptors (Lipinski definition) is 5. The second-order valence-corrected chi connectivity index (χ2v) is 7.32. The van der Waals surface area contributed by atoms with Gasteiger partial charge in [0.05, 0.1) is 0 Å². The number of carbonyl (C=O) groups is 1. The van der Waals surface area contributed by atoms with Gasteiger partial charge in [0.25, 0.3) is 5.91 Å². The third-order valence-corrected chi connectivity index (χ3v) is 5.14. The minimum absolute atomic E-state index is 0.0194. The summed E-state index contributed by atoms with van der Waals surface area (Å²) in [4.78, 5) is 21.4. The summed E-state index contributed by atoms with van der Waals surface area (Å²) in [5, 5.41) is 0.817. The fourth-order valence-electron chi connectivity index (χ4n) is 2.02. The lowest BCUT2D eigenvalue weighted by atomic mass is 9.87. The summed E-state index contributed by atoms with van der Waals surface area (Å²) in [6.07, 6.45) is 0. The molecule has 1 rings (SSSR count). The summed E-state index contributed by atoms with van der Waals surface area (Å²) in [7, 11) is 1.83. The lowest BCUT2D eigenvalue weighted by Crippen LogP contribution is -2.42. The van der Waals surface area contributed by atoms with Gasteiger partial charge < -0.3 is 15.5 Å². The first kappa shape index (κ1) is 17.8. The van der Waals surface area contributed by atoms with Crippen LogP contribution < -0.4 is 10.6 Å². The van der Waals surface area contributed by atoms with Gasteiger partial charge in [-0.25, -0.2) is 4.98 Å². The quantitative estimate of drug-likeness (QED) is 0.907. The largest absolute Gasteiger partial charge is 0.382 e. The number of carbonyl (C=O) groups excluding carboxylic acids is 1. The number of thiazole rings is 1. The highest BCUT2D eigenvalue weighted by Gasteiger charge is 2.30. The van der Waals surface area contributed by atoms with Gasteiger partial charge in [0.15, 0.2) is 5.13 Å². The molecule has 0 aliphatic rings. The number of anilines is 2. The van der Waals surface area contributed by atoms with Gasteiger partial charge in [-0.1, -0.05) is 32.1 Å². The molecule has 120 valence electrons. The molecule has 1 atom stereocenters. The van der Waals surface area contributed by atoms with Crippen molar-refractivity contribution in [3.05, 3.63) is 4.88 Å². The summed E-state index contributed by atoms with van der Waals surface area (Å²) < 4.78 is 0. The highest BCUT2D eigenvalue weighted by atomic mass is 32.1. The van der Waals surface area contributed by atoms with Gasteiger partial charge in [-0.05, 0) is 26.2 Å². The second kappa shape index (κ2) is 6.64. The number of aromatic nitrogens is 1. The maximum Gasteiger partial charge on any atom is 0.267 e. The first-order chi connectivity index (χ1) is 9.63. The minimum atomic E-state index is -0.0502. The second-order valence-electron chi connectivity index (χ2n) is 6.34. The van der Waals surface area contributed by atoms with Gasteiger partial charge in [-0.2, -0.15) is 0 Å². The Morgan fingerprint density at radius 1 is 1.33 bits per heavy atom. The van der Waals surface area contributed by atoms with E-state index in [1.54, 1.807) is 4.90 Å². The van der Waals surface area contributed by atoms with E-state index in [0.717, 1.165) is 18.2 Å². The molecule has 2 N–H and O–H groups in total. The molecule has 0 fully saturated rings. The maximum atomic E-state index is 12.7. The average molecular weight is 312 g/mol. The highest BCUT2D eigenvalue weighted by molar-refractivity contribution is 7.18. The number of nitrogens with two attached hydrogens (primary N) is 1. The molecule has 1 heterocycles. The zero-order valence-corrected chi connectivity index (χ0v) is 15.0. The Bertz CT molecular complexity index is 488. The lowest BCUT2D eigenvalue weighted by Gasteiger charge is -2.35. The SMILES string of the molecule is CCN(CC)c1nc(N)c(C(=O)N(C)C(C)C(C)(C)C)s1. The van der Waals surface area contributed by atoms with Crippen molar-refractivity contribution < 1.29 is 4.79 Å². The van der Waals surface area contributed by atoms with Gasteiger partial charge in [0.1, 0.15) is 10.7 Å². The van der Waals surface area contributed by atoms with Gasteiger partial charge in [-0.15, -0.1) is 0 Å². The van der Waals surface area contributed by atoms with Crippen LogP contribution in [0.15, 0.2) is 0 Å². The number of nitrogens with zero attached hydrogens (tertiary/aromatic N) is 3. The van der Waals surface area contributed by atoms with E-state index in [9.17, 15) is 4.79 Å². The molecule has 1 aromatic heterocycles. The Kier molecular flexibility index (Phi) is 5.61. The van der Waals surface area contributed by atoms with Crippen molar-refractivity contribution in [3.63, 3.8) is 0 Å². The standard InChI is InChI=1S/C15H28N4OS/c1-8-19(9-2)14-17-12(16)11(21-14)13(20)18(7)10(3)15(4,5)6/h10H,8-9,16H2,1-7H3. The van der Waals surface area contributed by atoms with E-state index >= 15 is 0 Å². The number of hydrogen-bond donors (Lipinski definition) is 1. The van der Waals surface area contributed by atoms with Crippen LogP contribution >= 0.6 is 11.3 Å². The predicted octanol–water partition coefficient (Wildman–Crippen LogP) is 3.08. The molecule has 0 aliphatic carbocycles.